The fourth-order valence-corrected chi connectivity index (χ4v) is 1.08. The van der Waals surface area contributed by atoms with E-state index in [0.29, 0.717) is 5.56 Å². The minimum absolute atomic E-state index is 0. The highest BCUT2D eigenvalue weighted by Crippen LogP contribution is 2.15. The highest BCUT2D eigenvalue weighted by molar-refractivity contribution is 9.10. The van der Waals surface area contributed by atoms with Crippen molar-refractivity contribution in [1.82, 2.24) is 0 Å². The molecule has 0 spiro atoms. The van der Waals surface area contributed by atoms with Crippen LogP contribution in [0.5, 0.6) is 0 Å². The Hall–Kier alpha value is -0.390. The van der Waals surface area contributed by atoms with Gasteiger partial charge in [0.15, 0.2) is 0 Å². The maximum atomic E-state index is 10.4. The van der Waals surface area contributed by atoms with Crippen molar-refractivity contribution in [2.24, 2.45) is 5.73 Å². The van der Waals surface area contributed by atoms with Crippen LogP contribution < -0.4 is 5.73 Å². The molecule has 0 aliphatic rings. The van der Waals surface area contributed by atoms with E-state index in [1.165, 1.54) is 0 Å². The Morgan fingerprint density at radius 2 is 1.85 bits per heavy atom. The second kappa shape index (κ2) is 5.36. The van der Waals surface area contributed by atoms with Crippen LogP contribution >= 0.6 is 32.9 Å². The SMILES string of the molecule is Br.NC(C(=O)O)c1ccc(Br)cc1. The zero-order valence-corrected chi connectivity index (χ0v) is 9.90. The predicted octanol–water partition coefficient (Wildman–Crippen LogP) is 2.11. The topological polar surface area (TPSA) is 63.3 Å². The number of benzene rings is 1. The first-order chi connectivity index (χ1) is 5.61. The number of nitrogens with two attached hydrogens (primary N) is 1. The largest absolute Gasteiger partial charge is 0.480 e. The van der Waals surface area contributed by atoms with Crippen LogP contribution in [0.1, 0.15) is 11.6 Å². The molecule has 0 radical (unpaired) electrons. The van der Waals surface area contributed by atoms with Gasteiger partial charge in [0.2, 0.25) is 0 Å². The molecule has 3 N–H and O–H groups in total. The predicted molar refractivity (Wildman–Crippen MR) is 59.0 cm³/mol. The van der Waals surface area contributed by atoms with Crippen LogP contribution in [0.4, 0.5) is 0 Å². The molecule has 0 amide bonds. The number of hydrogen-bond donors (Lipinski definition) is 2. The third-order valence-corrected chi connectivity index (χ3v) is 2.02. The van der Waals surface area contributed by atoms with Gasteiger partial charge in [0.05, 0.1) is 0 Å². The lowest BCUT2D eigenvalue weighted by Gasteiger charge is -2.05. The van der Waals surface area contributed by atoms with E-state index in [-0.39, 0.29) is 17.0 Å². The maximum Gasteiger partial charge on any atom is 0.325 e. The zero-order chi connectivity index (χ0) is 9.14. The Morgan fingerprint density at radius 1 is 1.38 bits per heavy atom. The molecular formula is C8H9Br2NO2. The van der Waals surface area contributed by atoms with Gasteiger partial charge >= 0.3 is 5.97 Å². The van der Waals surface area contributed by atoms with Crippen LogP contribution in [0.25, 0.3) is 0 Å². The second-order valence-electron chi connectivity index (χ2n) is 2.37. The summed E-state index contributed by atoms with van der Waals surface area (Å²) in [5.41, 5.74) is 5.98. The molecule has 3 nitrogen and oxygen atoms in total. The smallest absolute Gasteiger partial charge is 0.325 e. The Balaban J connectivity index is 0.00000144. The van der Waals surface area contributed by atoms with E-state index in [2.05, 4.69) is 15.9 Å². The van der Waals surface area contributed by atoms with Gasteiger partial charge in [-0.05, 0) is 17.7 Å². The van der Waals surface area contributed by atoms with E-state index >= 15 is 0 Å². The molecule has 1 rings (SSSR count). The highest BCUT2D eigenvalue weighted by Gasteiger charge is 2.12. The molecule has 0 heterocycles. The molecule has 0 aromatic heterocycles. The van der Waals surface area contributed by atoms with E-state index in [9.17, 15) is 4.79 Å². The van der Waals surface area contributed by atoms with Gasteiger partial charge in [0.25, 0.3) is 0 Å². The molecule has 0 bridgehead atoms. The average molecular weight is 311 g/mol. The van der Waals surface area contributed by atoms with E-state index in [4.69, 9.17) is 10.8 Å². The van der Waals surface area contributed by atoms with Crippen molar-refractivity contribution in [3.05, 3.63) is 34.3 Å². The Bertz CT molecular complexity index is 287. The summed E-state index contributed by atoms with van der Waals surface area (Å²) in [6.45, 7) is 0. The molecule has 1 aromatic carbocycles. The summed E-state index contributed by atoms with van der Waals surface area (Å²) in [7, 11) is 0. The molecule has 0 saturated heterocycles. The molecule has 5 heteroatoms. The van der Waals surface area contributed by atoms with Gasteiger partial charge in [-0.15, -0.1) is 17.0 Å². The number of carboxylic acid groups (broad SMARTS) is 1. The lowest BCUT2D eigenvalue weighted by atomic mass is 10.1. The summed E-state index contributed by atoms with van der Waals surface area (Å²) in [5.74, 6) is -1.02. The Morgan fingerprint density at radius 3 is 2.23 bits per heavy atom. The first-order valence-corrected chi connectivity index (χ1v) is 4.14. The van der Waals surface area contributed by atoms with Crippen LogP contribution in [0.3, 0.4) is 0 Å². The molecule has 0 fully saturated rings. The standard InChI is InChI=1S/C8H8BrNO2.BrH/c9-6-3-1-5(2-4-6)7(10)8(11)12;/h1-4,7H,10H2,(H,11,12);1H. The molecule has 0 aliphatic heterocycles. The van der Waals surface area contributed by atoms with E-state index < -0.39 is 12.0 Å². The van der Waals surface area contributed by atoms with Crippen LogP contribution in [-0.2, 0) is 4.79 Å². The summed E-state index contributed by atoms with van der Waals surface area (Å²) < 4.78 is 0.906. The first kappa shape index (κ1) is 12.6. The third kappa shape index (κ3) is 3.46. The van der Waals surface area contributed by atoms with Crippen LogP contribution in [0, 0.1) is 0 Å². The summed E-state index contributed by atoms with van der Waals surface area (Å²) in [6.07, 6.45) is 0. The van der Waals surface area contributed by atoms with Gasteiger partial charge in [-0.1, -0.05) is 28.1 Å². The number of rotatable bonds is 2. The van der Waals surface area contributed by atoms with Gasteiger partial charge in [-0.2, -0.15) is 0 Å². The van der Waals surface area contributed by atoms with Gasteiger partial charge in [-0.3, -0.25) is 4.79 Å². The minimum Gasteiger partial charge on any atom is -0.480 e. The van der Waals surface area contributed by atoms with Crippen molar-refractivity contribution in [3.8, 4) is 0 Å². The molecule has 0 saturated carbocycles. The van der Waals surface area contributed by atoms with Crippen LogP contribution in [-0.4, -0.2) is 11.1 Å². The number of hydrogen-bond acceptors (Lipinski definition) is 2. The number of aliphatic carboxylic acids is 1. The zero-order valence-electron chi connectivity index (χ0n) is 6.61. The second-order valence-corrected chi connectivity index (χ2v) is 3.28. The van der Waals surface area contributed by atoms with Crippen LogP contribution in [0.15, 0.2) is 28.7 Å². The summed E-state index contributed by atoms with van der Waals surface area (Å²) >= 11 is 3.24. The summed E-state index contributed by atoms with van der Waals surface area (Å²) in [5, 5.41) is 8.57. The van der Waals surface area contributed by atoms with Crippen molar-refractivity contribution in [1.29, 1.82) is 0 Å². The molecular weight excluding hydrogens is 302 g/mol. The fourth-order valence-electron chi connectivity index (χ4n) is 0.813. The van der Waals surface area contributed by atoms with Crippen molar-refractivity contribution in [2.45, 2.75) is 6.04 Å². The van der Waals surface area contributed by atoms with Crippen molar-refractivity contribution < 1.29 is 9.90 Å². The van der Waals surface area contributed by atoms with Gasteiger partial charge < -0.3 is 10.8 Å². The maximum absolute atomic E-state index is 10.4. The van der Waals surface area contributed by atoms with Gasteiger partial charge in [0.1, 0.15) is 6.04 Å². The fraction of sp³-hybridized carbons (Fsp3) is 0.125. The van der Waals surface area contributed by atoms with Crippen LogP contribution in [0.2, 0.25) is 0 Å². The molecule has 1 unspecified atom stereocenters. The minimum atomic E-state index is -1.02. The Kier molecular flexibility index (Phi) is 5.20. The molecule has 72 valence electrons. The van der Waals surface area contributed by atoms with Crippen molar-refractivity contribution in [2.75, 3.05) is 0 Å². The van der Waals surface area contributed by atoms with E-state index in [1.54, 1.807) is 24.3 Å². The number of carbonyl (C=O) groups is 1. The molecule has 1 atom stereocenters. The van der Waals surface area contributed by atoms with Gasteiger partial charge in [0, 0.05) is 4.47 Å². The first-order valence-electron chi connectivity index (χ1n) is 3.35. The number of halogens is 2. The summed E-state index contributed by atoms with van der Waals surface area (Å²) in [4.78, 5) is 10.4. The Labute approximate surface area is 94.8 Å². The lowest BCUT2D eigenvalue weighted by molar-refractivity contribution is -0.138. The summed E-state index contributed by atoms with van der Waals surface area (Å²) in [6, 6.07) is 5.96. The molecule has 13 heavy (non-hydrogen) atoms. The quantitative estimate of drug-likeness (QED) is 0.879. The molecule has 0 aliphatic carbocycles. The normalized spacial score (nSPS) is 11.5. The van der Waals surface area contributed by atoms with E-state index in [0.717, 1.165) is 4.47 Å². The van der Waals surface area contributed by atoms with Crippen molar-refractivity contribution in [3.63, 3.8) is 0 Å². The van der Waals surface area contributed by atoms with Gasteiger partial charge in [-0.25, -0.2) is 0 Å². The third-order valence-electron chi connectivity index (χ3n) is 1.50. The average Bonchev–Trinajstić information content (AvgIpc) is 2.04. The van der Waals surface area contributed by atoms with E-state index in [1.807, 2.05) is 0 Å². The van der Waals surface area contributed by atoms with Crippen molar-refractivity contribution >= 4 is 38.9 Å². The number of carboxylic acids is 1. The lowest BCUT2D eigenvalue weighted by Crippen LogP contribution is -2.20. The molecule has 1 aromatic rings. The highest BCUT2D eigenvalue weighted by atomic mass is 79.9. The monoisotopic (exact) mass is 309 g/mol.